The van der Waals surface area contributed by atoms with Crippen molar-refractivity contribution in [3.63, 3.8) is 0 Å². The lowest BCUT2D eigenvalue weighted by Crippen LogP contribution is -2.03. The van der Waals surface area contributed by atoms with Gasteiger partial charge in [-0.1, -0.05) is 26.0 Å². The molecule has 5 heteroatoms. The number of fused-ring (bicyclic) bond motifs is 1. The van der Waals surface area contributed by atoms with Crippen molar-refractivity contribution in [3.05, 3.63) is 53.1 Å². The molecule has 0 aliphatic rings. The molecule has 0 spiro atoms. The number of carbonyl (C=O) groups is 1. The first kappa shape index (κ1) is 17.0. The Hall–Kier alpha value is -2.82. The highest BCUT2D eigenvalue weighted by molar-refractivity contribution is 6.00. The number of benzene rings is 1. The van der Waals surface area contributed by atoms with Gasteiger partial charge in [0.1, 0.15) is 12.1 Å². The number of aryl methyl sites for hydroxylation is 2. The number of allylic oxidation sites excluding steroid dienone is 1. The summed E-state index contributed by atoms with van der Waals surface area (Å²) in [5, 5.41) is 5.42. The molecule has 3 rings (SSSR count). The van der Waals surface area contributed by atoms with Crippen LogP contribution in [0.2, 0.25) is 0 Å². The highest BCUT2D eigenvalue weighted by atomic mass is 19.1. The Kier molecular flexibility index (Phi) is 4.49. The molecule has 0 atom stereocenters. The minimum absolute atomic E-state index is 0.158. The third kappa shape index (κ3) is 2.97. The number of carbonyl (C=O) groups excluding carboxylic acids is 1. The van der Waals surface area contributed by atoms with E-state index in [0.717, 1.165) is 45.4 Å². The molecule has 2 aromatic heterocycles. The summed E-state index contributed by atoms with van der Waals surface area (Å²) in [6.45, 7) is 6.05. The van der Waals surface area contributed by atoms with E-state index in [1.165, 1.54) is 18.2 Å². The second-order valence-corrected chi connectivity index (χ2v) is 6.35. The van der Waals surface area contributed by atoms with Crippen molar-refractivity contribution >= 4 is 23.4 Å². The van der Waals surface area contributed by atoms with Gasteiger partial charge in [-0.25, -0.2) is 9.37 Å². The van der Waals surface area contributed by atoms with Crippen LogP contribution in [-0.2, 0) is 11.8 Å². The monoisotopic (exact) mass is 337 g/mol. The molecule has 3 aromatic rings. The van der Waals surface area contributed by atoms with Crippen LogP contribution in [-0.4, -0.2) is 21.1 Å². The average Bonchev–Trinajstić information content (AvgIpc) is 2.86. The van der Waals surface area contributed by atoms with Gasteiger partial charge in [-0.15, -0.1) is 0 Å². The third-order valence-electron chi connectivity index (χ3n) is 4.23. The normalized spacial score (nSPS) is 11.8. The third-order valence-corrected chi connectivity index (χ3v) is 4.23. The van der Waals surface area contributed by atoms with E-state index in [2.05, 4.69) is 18.9 Å². The van der Waals surface area contributed by atoms with Crippen molar-refractivity contribution in [1.29, 1.82) is 0 Å². The Bertz CT molecular complexity index is 969. The van der Waals surface area contributed by atoms with E-state index in [9.17, 15) is 9.18 Å². The molecule has 0 amide bonds. The van der Waals surface area contributed by atoms with E-state index in [4.69, 9.17) is 4.98 Å². The number of hydrogen-bond donors (Lipinski definition) is 0. The predicted molar refractivity (Wildman–Crippen MR) is 97.8 cm³/mol. The van der Waals surface area contributed by atoms with Gasteiger partial charge in [0.25, 0.3) is 0 Å². The van der Waals surface area contributed by atoms with Gasteiger partial charge in [0.05, 0.1) is 16.8 Å². The molecule has 0 aliphatic heterocycles. The van der Waals surface area contributed by atoms with Crippen LogP contribution in [0.5, 0.6) is 0 Å². The molecule has 0 N–H and O–H groups in total. The number of aldehydes is 1. The molecule has 0 saturated heterocycles. The Morgan fingerprint density at radius 3 is 2.48 bits per heavy atom. The van der Waals surface area contributed by atoms with Crippen LogP contribution in [0.4, 0.5) is 4.39 Å². The van der Waals surface area contributed by atoms with E-state index < -0.39 is 0 Å². The molecule has 1 aromatic carbocycles. The standard InChI is InChI=1S/C20H20FN3O/c1-12(2)19-16(6-5-11-25)18(14-7-9-15(21)10-8-14)17-13(3)23-24(4)20(17)22-19/h5-12H,1-4H3. The summed E-state index contributed by atoms with van der Waals surface area (Å²) in [5.74, 6) is -0.129. The topological polar surface area (TPSA) is 47.8 Å². The number of rotatable bonds is 4. The lowest BCUT2D eigenvalue weighted by atomic mass is 9.91. The Balaban J connectivity index is 2.49. The van der Waals surface area contributed by atoms with E-state index in [0.29, 0.717) is 0 Å². The molecule has 0 aliphatic carbocycles. The zero-order valence-corrected chi connectivity index (χ0v) is 14.7. The molecule has 0 saturated carbocycles. The Morgan fingerprint density at radius 2 is 1.88 bits per heavy atom. The van der Waals surface area contributed by atoms with Gasteiger partial charge in [-0.05, 0) is 42.7 Å². The smallest absolute Gasteiger partial charge is 0.158 e. The first-order chi connectivity index (χ1) is 11.9. The fraction of sp³-hybridized carbons (Fsp3) is 0.250. The van der Waals surface area contributed by atoms with Crippen LogP contribution in [0.25, 0.3) is 28.2 Å². The maximum absolute atomic E-state index is 13.4. The molecule has 0 radical (unpaired) electrons. The second-order valence-electron chi connectivity index (χ2n) is 6.35. The van der Waals surface area contributed by atoms with E-state index >= 15 is 0 Å². The van der Waals surface area contributed by atoms with Crippen molar-refractivity contribution < 1.29 is 9.18 Å². The van der Waals surface area contributed by atoms with E-state index in [1.54, 1.807) is 22.9 Å². The second kappa shape index (κ2) is 6.59. The molecule has 25 heavy (non-hydrogen) atoms. The lowest BCUT2D eigenvalue weighted by Gasteiger charge is -2.16. The minimum atomic E-state index is -0.286. The largest absolute Gasteiger partial charge is 0.299 e. The number of hydrogen-bond acceptors (Lipinski definition) is 3. The fourth-order valence-corrected chi connectivity index (χ4v) is 3.16. The molecular formula is C20H20FN3O. The molecule has 4 nitrogen and oxygen atoms in total. The highest BCUT2D eigenvalue weighted by Gasteiger charge is 2.21. The summed E-state index contributed by atoms with van der Waals surface area (Å²) in [7, 11) is 1.86. The zero-order chi connectivity index (χ0) is 18.1. The predicted octanol–water partition coefficient (Wildman–Crippen LogP) is 4.42. The van der Waals surface area contributed by atoms with E-state index in [1.807, 2.05) is 14.0 Å². The van der Waals surface area contributed by atoms with Gasteiger partial charge in [0.2, 0.25) is 0 Å². The maximum atomic E-state index is 13.4. The molecule has 0 fully saturated rings. The summed E-state index contributed by atoms with van der Waals surface area (Å²) in [6, 6.07) is 6.38. The average molecular weight is 337 g/mol. The van der Waals surface area contributed by atoms with Crippen molar-refractivity contribution in [1.82, 2.24) is 14.8 Å². The van der Waals surface area contributed by atoms with Crippen molar-refractivity contribution in [2.24, 2.45) is 7.05 Å². The van der Waals surface area contributed by atoms with Crippen LogP contribution in [0.3, 0.4) is 0 Å². The van der Waals surface area contributed by atoms with Gasteiger partial charge in [0.15, 0.2) is 5.65 Å². The SMILES string of the molecule is Cc1nn(C)c2nc(C(C)C)c(C=CC=O)c(-c3ccc(F)cc3)c12. The highest BCUT2D eigenvalue weighted by Crippen LogP contribution is 2.37. The maximum Gasteiger partial charge on any atom is 0.158 e. The van der Waals surface area contributed by atoms with Gasteiger partial charge in [0, 0.05) is 18.2 Å². The van der Waals surface area contributed by atoms with Crippen molar-refractivity contribution in [3.8, 4) is 11.1 Å². The quantitative estimate of drug-likeness (QED) is 0.523. The number of pyridine rings is 1. The molecule has 128 valence electrons. The van der Waals surface area contributed by atoms with Gasteiger partial charge < -0.3 is 0 Å². The van der Waals surface area contributed by atoms with Crippen LogP contribution < -0.4 is 0 Å². The lowest BCUT2D eigenvalue weighted by molar-refractivity contribution is -0.104. The minimum Gasteiger partial charge on any atom is -0.299 e. The first-order valence-corrected chi connectivity index (χ1v) is 8.19. The van der Waals surface area contributed by atoms with E-state index in [-0.39, 0.29) is 11.7 Å². The number of halogens is 1. The van der Waals surface area contributed by atoms with Crippen LogP contribution in [0.15, 0.2) is 30.3 Å². The number of nitrogens with zero attached hydrogens (tertiary/aromatic N) is 3. The summed E-state index contributed by atoms with van der Waals surface area (Å²) in [4.78, 5) is 15.7. The number of aromatic nitrogens is 3. The summed E-state index contributed by atoms with van der Waals surface area (Å²) in [5.41, 5.74) is 5.18. The van der Waals surface area contributed by atoms with Crippen molar-refractivity contribution in [2.75, 3.05) is 0 Å². The molecule has 0 bridgehead atoms. The fourth-order valence-electron chi connectivity index (χ4n) is 3.16. The molecular weight excluding hydrogens is 317 g/mol. The Morgan fingerprint density at radius 1 is 1.20 bits per heavy atom. The van der Waals surface area contributed by atoms with Crippen LogP contribution in [0, 0.1) is 12.7 Å². The van der Waals surface area contributed by atoms with Gasteiger partial charge in [-0.3, -0.25) is 9.48 Å². The van der Waals surface area contributed by atoms with Crippen LogP contribution >= 0.6 is 0 Å². The van der Waals surface area contributed by atoms with Crippen molar-refractivity contribution in [2.45, 2.75) is 26.7 Å². The first-order valence-electron chi connectivity index (χ1n) is 8.19. The molecule has 2 heterocycles. The summed E-state index contributed by atoms with van der Waals surface area (Å²) >= 11 is 0. The molecule has 0 unspecified atom stereocenters. The summed E-state index contributed by atoms with van der Waals surface area (Å²) in [6.07, 6.45) is 3.99. The summed E-state index contributed by atoms with van der Waals surface area (Å²) < 4.78 is 15.2. The van der Waals surface area contributed by atoms with Gasteiger partial charge in [-0.2, -0.15) is 5.10 Å². The zero-order valence-electron chi connectivity index (χ0n) is 14.7. The Labute approximate surface area is 146 Å². The van der Waals surface area contributed by atoms with Crippen LogP contribution in [0.1, 0.15) is 36.7 Å². The van der Waals surface area contributed by atoms with Gasteiger partial charge >= 0.3 is 0 Å².